The van der Waals surface area contributed by atoms with Gasteiger partial charge in [0.15, 0.2) is 0 Å². The Morgan fingerprint density at radius 2 is 1.92 bits per heavy atom. The number of carbonyl (C=O) groups is 1. The molecule has 0 aliphatic rings. The van der Waals surface area contributed by atoms with Crippen molar-refractivity contribution < 1.29 is 9.90 Å². The molecule has 1 aromatic rings. The van der Waals surface area contributed by atoms with E-state index in [-0.39, 0.29) is 17.0 Å². The quantitative estimate of drug-likeness (QED) is 0.872. The topological polar surface area (TPSA) is 37.3 Å². The zero-order chi connectivity index (χ0) is 8.97. The van der Waals surface area contributed by atoms with Crippen LogP contribution in [0.25, 0.3) is 0 Å². The highest BCUT2D eigenvalue weighted by Gasteiger charge is 2.12. The van der Waals surface area contributed by atoms with Gasteiger partial charge < -0.3 is 5.11 Å². The third-order valence-electron chi connectivity index (χ3n) is 1.53. The fraction of sp³-hybridized carbons (Fsp3) is 0.222. The summed E-state index contributed by atoms with van der Waals surface area (Å²) in [5, 5.41) is 8.60. The molecule has 1 unspecified atom stereocenters. The van der Waals surface area contributed by atoms with Crippen molar-refractivity contribution in [1.82, 2.24) is 0 Å². The van der Waals surface area contributed by atoms with E-state index >= 15 is 0 Å². The van der Waals surface area contributed by atoms with E-state index in [4.69, 9.17) is 5.11 Å². The van der Waals surface area contributed by atoms with E-state index in [0.717, 1.165) is 5.56 Å². The normalized spacial score (nSPS) is 11.5. The standard InChI is InChI=1S/C9H9BrO2.BrH/c10-8(9(11)12)6-7-4-2-1-3-5-7;/h1-5,8H,6H2,(H,11,12);1H. The molecular weight excluding hydrogens is 300 g/mol. The summed E-state index contributed by atoms with van der Waals surface area (Å²) in [6.45, 7) is 0. The largest absolute Gasteiger partial charge is 0.480 e. The number of rotatable bonds is 3. The number of aliphatic carboxylic acids is 1. The first-order chi connectivity index (χ1) is 5.70. The van der Waals surface area contributed by atoms with Gasteiger partial charge in [0.1, 0.15) is 4.83 Å². The SMILES string of the molecule is Br.O=C(O)C(Br)Cc1ccccc1. The fourth-order valence-electron chi connectivity index (χ4n) is 0.908. The summed E-state index contributed by atoms with van der Waals surface area (Å²) >= 11 is 3.08. The molecule has 2 nitrogen and oxygen atoms in total. The minimum absolute atomic E-state index is 0. The van der Waals surface area contributed by atoms with Gasteiger partial charge in [0.05, 0.1) is 0 Å². The summed E-state index contributed by atoms with van der Waals surface area (Å²) in [6, 6.07) is 9.54. The molecule has 0 spiro atoms. The van der Waals surface area contributed by atoms with Crippen LogP contribution in [-0.2, 0) is 11.2 Å². The van der Waals surface area contributed by atoms with E-state index in [1.54, 1.807) is 0 Å². The molecule has 1 rings (SSSR count). The summed E-state index contributed by atoms with van der Waals surface area (Å²) in [4.78, 5) is 9.97. The van der Waals surface area contributed by atoms with Crippen LogP contribution in [0, 0.1) is 0 Å². The molecule has 0 aliphatic heterocycles. The number of carboxylic acid groups (broad SMARTS) is 1. The van der Waals surface area contributed by atoms with E-state index in [9.17, 15) is 4.79 Å². The smallest absolute Gasteiger partial charge is 0.317 e. The van der Waals surface area contributed by atoms with Crippen molar-refractivity contribution in [2.45, 2.75) is 11.2 Å². The van der Waals surface area contributed by atoms with Gasteiger partial charge in [0.25, 0.3) is 0 Å². The van der Waals surface area contributed by atoms with Crippen LogP contribution in [0.1, 0.15) is 5.56 Å². The number of carboxylic acids is 1. The summed E-state index contributed by atoms with van der Waals surface area (Å²) < 4.78 is 0. The summed E-state index contributed by atoms with van der Waals surface area (Å²) in [5.41, 5.74) is 1.03. The molecule has 4 heteroatoms. The van der Waals surface area contributed by atoms with Crippen LogP contribution in [-0.4, -0.2) is 15.9 Å². The molecule has 72 valence electrons. The Labute approximate surface area is 95.9 Å². The van der Waals surface area contributed by atoms with Crippen LogP contribution in [0.2, 0.25) is 0 Å². The maximum absolute atomic E-state index is 10.5. The van der Waals surface area contributed by atoms with Crippen LogP contribution < -0.4 is 0 Å². The van der Waals surface area contributed by atoms with Crippen molar-refractivity contribution in [3.63, 3.8) is 0 Å². The molecule has 0 aromatic heterocycles. The lowest BCUT2D eigenvalue weighted by Gasteiger charge is -2.03. The van der Waals surface area contributed by atoms with E-state index in [2.05, 4.69) is 15.9 Å². The van der Waals surface area contributed by atoms with Gasteiger partial charge in [-0.15, -0.1) is 17.0 Å². The molecule has 0 heterocycles. The molecule has 0 bridgehead atoms. The predicted molar refractivity (Wildman–Crippen MR) is 60.8 cm³/mol. The summed E-state index contributed by atoms with van der Waals surface area (Å²) in [7, 11) is 0. The first-order valence-electron chi connectivity index (χ1n) is 3.61. The average Bonchev–Trinajstić information content (AvgIpc) is 2.06. The zero-order valence-corrected chi connectivity index (χ0v) is 10.1. The van der Waals surface area contributed by atoms with Gasteiger partial charge in [-0.25, -0.2) is 0 Å². The molecule has 0 saturated heterocycles. The van der Waals surface area contributed by atoms with Crippen molar-refractivity contribution in [2.75, 3.05) is 0 Å². The number of hydrogen-bond donors (Lipinski definition) is 1. The third kappa shape index (κ3) is 4.43. The summed E-state index contributed by atoms with van der Waals surface area (Å²) in [5.74, 6) is -0.821. The van der Waals surface area contributed by atoms with Crippen molar-refractivity contribution in [2.24, 2.45) is 0 Å². The maximum atomic E-state index is 10.5. The monoisotopic (exact) mass is 308 g/mol. The molecule has 0 radical (unpaired) electrons. The predicted octanol–water partition coefficient (Wildman–Crippen LogP) is 2.66. The zero-order valence-electron chi connectivity index (χ0n) is 6.81. The fourth-order valence-corrected chi connectivity index (χ4v) is 1.28. The first kappa shape index (κ1) is 12.7. The summed E-state index contributed by atoms with van der Waals surface area (Å²) in [6.07, 6.45) is 0.524. The van der Waals surface area contributed by atoms with Crippen LogP contribution in [0.4, 0.5) is 0 Å². The lowest BCUT2D eigenvalue weighted by molar-refractivity contribution is -0.136. The molecule has 0 amide bonds. The second-order valence-corrected chi connectivity index (χ2v) is 3.60. The third-order valence-corrected chi connectivity index (χ3v) is 2.24. The van der Waals surface area contributed by atoms with Crippen molar-refractivity contribution in [3.8, 4) is 0 Å². The Kier molecular flexibility index (Phi) is 5.99. The molecule has 1 N–H and O–H groups in total. The van der Waals surface area contributed by atoms with Crippen LogP contribution in [0.5, 0.6) is 0 Å². The van der Waals surface area contributed by atoms with Gasteiger partial charge in [-0.2, -0.15) is 0 Å². The number of benzene rings is 1. The average molecular weight is 310 g/mol. The number of hydrogen-bond acceptors (Lipinski definition) is 1. The van der Waals surface area contributed by atoms with Crippen molar-refractivity contribution in [1.29, 1.82) is 0 Å². The van der Waals surface area contributed by atoms with E-state index in [0.29, 0.717) is 6.42 Å². The van der Waals surface area contributed by atoms with Gasteiger partial charge >= 0.3 is 5.97 Å². The Morgan fingerprint density at radius 3 is 2.38 bits per heavy atom. The lowest BCUT2D eigenvalue weighted by atomic mass is 10.1. The first-order valence-corrected chi connectivity index (χ1v) is 4.52. The van der Waals surface area contributed by atoms with Gasteiger partial charge in [-0.05, 0) is 12.0 Å². The van der Waals surface area contributed by atoms with Crippen LogP contribution in [0.3, 0.4) is 0 Å². The second-order valence-electron chi connectivity index (χ2n) is 2.50. The molecule has 13 heavy (non-hydrogen) atoms. The van der Waals surface area contributed by atoms with Crippen molar-refractivity contribution in [3.05, 3.63) is 35.9 Å². The maximum Gasteiger partial charge on any atom is 0.317 e. The van der Waals surface area contributed by atoms with Gasteiger partial charge in [0, 0.05) is 0 Å². The highest BCUT2D eigenvalue weighted by Crippen LogP contribution is 2.09. The molecule has 0 fully saturated rings. The molecule has 1 aromatic carbocycles. The van der Waals surface area contributed by atoms with Gasteiger partial charge in [-0.1, -0.05) is 46.3 Å². The Bertz CT molecular complexity index is 262. The highest BCUT2D eigenvalue weighted by molar-refractivity contribution is 9.10. The van der Waals surface area contributed by atoms with E-state index in [1.165, 1.54) is 0 Å². The minimum atomic E-state index is -0.821. The number of halogens is 2. The van der Waals surface area contributed by atoms with Crippen LogP contribution in [0.15, 0.2) is 30.3 Å². The Hall–Kier alpha value is -0.350. The second kappa shape index (κ2) is 6.16. The van der Waals surface area contributed by atoms with Crippen LogP contribution >= 0.6 is 32.9 Å². The van der Waals surface area contributed by atoms with Crippen molar-refractivity contribution >= 4 is 38.9 Å². The lowest BCUT2D eigenvalue weighted by Crippen LogP contribution is -2.15. The molecular formula is C9H10Br2O2. The minimum Gasteiger partial charge on any atom is -0.480 e. The Morgan fingerprint density at radius 1 is 1.38 bits per heavy atom. The number of alkyl halides is 1. The van der Waals surface area contributed by atoms with E-state index in [1.807, 2.05) is 30.3 Å². The molecule has 0 aliphatic carbocycles. The Balaban J connectivity index is 0.00000144. The van der Waals surface area contributed by atoms with Gasteiger partial charge in [-0.3, -0.25) is 4.79 Å². The highest BCUT2D eigenvalue weighted by atomic mass is 79.9. The molecule has 0 saturated carbocycles. The van der Waals surface area contributed by atoms with E-state index < -0.39 is 10.8 Å². The molecule has 1 atom stereocenters. The van der Waals surface area contributed by atoms with Gasteiger partial charge in [0.2, 0.25) is 0 Å².